The van der Waals surface area contributed by atoms with Crippen LogP contribution in [-0.2, 0) is 21.4 Å². The van der Waals surface area contributed by atoms with Crippen molar-refractivity contribution in [3.8, 4) is 0 Å². The Balaban J connectivity index is 1.98. The molecule has 0 aliphatic heterocycles. The highest BCUT2D eigenvalue weighted by atomic mass is 32.1. The number of aliphatic hydroxyl groups excluding tert-OH is 1. The standard InChI is InChI=1S/C19H24F2N4O3S/c1-4-14(22-15(27)9-11-7-12(20)10-13(21)8-11)16(28)23-18-25-24-17(29-18)19(2,3)5-6-26/h7-8,10,14,26H,4-6,9H2,1-3H3,(H,22,27)(H,23,25,28). The monoisotopic (exact) mass is 426 g/mol. The van der Waals surface area contributed by atoms with Gasteiger partial charge in [-0.25, -0.2) is 8.78 Å². The summed E-state index contributed by atoms with van der Waals surface area (Å²) in [6.45, 7) is 5.56. The van der Waals surface area contributed by atoms with Crippen LogP contribution in [0.15, 0.2) is 18.2 Å². The second-order valence-electron chi connectivity index (χ2n) is 7.24. The number of halogens is 2. The van der Waals surface area contributed by atoms with Crippen molar-refractivity contribution >= 4 is 28.3 Å². The molecule has 0 saturated carbocycles. The number of anilines is 1. The molecule has 0 spiro atoms. The highest BCUT2D eigenvalue weighted by molar-refractivity contribution is 7.15. The normalized spacial score (nSPS) is 12.5. The molecule has 1 heterocycles. The summed E-state index contributed by atoms with van der Waals surface area (Å²) in [4.78, 5) is 24.7. The van der Waals surface area contributed by atoms with Crippen LogP contribution in [0, 0.1) is 11.6 Å². The Morgan fingerprint density at radius 1 is 1.21 bits per heavy atom. The van der Waals surface area contributed by atoms with Gasteiger partial charge in [0.1, 0.15) is 22.7 Å². The van der Waals surface area contributed by atoms with E-state index in [1.807, 2.05) is 13.8 Å². The van der Waals surface area contributed by atoms with Crippen molar-refractivity contribution in [2.45, 2.75) is 51.5 Å². The lowest BCUT2D eigenvalue weighted by Gasteiger charge is -2.19. The van der Waals surface area contributed by atoms with E-state index in [9.17, 15) is 18.4 Å². The van der Waals surface area contributed by atoms with Crippen LogP contribution in [0.5, 0.6) is 0 Å². The molecule has 2 amide bonds. The molecule has 0 aliphatic carbocycles. The Hall–Kier alpha value is -2.46. The Kier molecular flexibility index (Phi) is 7.74. The molecule has 1 aromatic heterocycles. The number of hydrogen-bond acceptors (Lipinski definition) is 6. The Labute approximate surface area is 171 Å². The third-order valence-corrected chi connectivity index (χ3v) is 5.52. The van der Waals surface area contributed by atoms with E-state index in [2.05, 4.69) is 20.8 Å². The second-order valence-corrected chi connectivity index (χ2v) is 8.22. The zero-order valence-corrected chi connectivity index (χ0v) is 17.3. The number of carbonyl (C=O) groups excluding carboxylic acids is 2. The summed E-state index contributed by atoms with van der Waals surface area (Å²) >= 11 is 1.20. The van der Waals surface area contributed by atoms with Gasteiger partial charge >= 0.3 is 0 Å². The maximum absolute atomic E-state index is 13.3. The number of hydrogen-bond donors (Lipinski definition) is 3. The van der Waals surface area contributed by atoms with Gasteiger partial charge in [0, 0.05) is 18.1 Å². The topological polar surface area (TPSA) is 104 Å². The number of aromatic nitrogens is 2. The van der Waals surface area contributed by atoms with Gasteiger partial charge in [-0.2, -0.15) is 0 Å². The number of nitrogens with one attached hydrogen (secondary N) is 2. The fraction of sp³-hybridized carbons (Fsp3) is 0.474. The van der Waals surface area contributed by atoms with E-state index in [0.717, 1.165) is 18.2 Å². The predicted octanol–water partition coefficient (Wildman–Crippen LogP) is 2.55. The molecule has 7 nitrogen and oxygen atoms in total. The number of nitrogens with zero attached hydrogens (tertiary/aromatic N) is 2. The maximum Gasteiger partial charge on any atom is 0.248 e. The van der Waals surface area contributed by atoms with Crippen molar-refractivity contribution in [1.29, 1.82) is 0 Å². The highest BCUT2D eigenvalue weighted by Gasteiger charge is 2.26. The number of aliphatic hydroxyl groups is 1. The number of rotatable bonds is 9. The Bertz CT molecular complexity index is 853. The average Bonchev–Trinajstić information content (AvgIpc) is 3.08. The minimum atomic E-state index is -0.835. The van der Waals surface area contributed by atoms with E-state index in [1.54, 1.807) is 6.92 Å². The Morgan fingerprint density at radius 3 is 2.45 bits per heavy atom. The smallest absolute Gasteiger partial charge is 0.248 e. The van der Waals surface area contributed by atoms with Gasteiger partial charge in [0.25, 0.3) is 0 Å². The molecule has 2 rings (SSSR count). The molecule has 0 aliphatic rings. The minimum absolute atomic E-state index is 0.00737. The van der Waals surface area contributed by atoms with E-state index in [0.29, 0.717) is 17.8 Å². The molecule has 1 unspecified atom stereocenters. The van der Waals surface area contributed by atoms with Gasteiger partial charge in [0.15, 0.2) is 0 Å². The van der Waals surface area contributed by atoms with Gasteiger partial charge < -0.3 is 10.4 Å². The van der Waals surface area contributed by atoms with Crippen molar-refractivity contribution in [2.75, 3.05) is 11.9 Å². The maximum atomic E-state index is 13.3. The van der Waals surface area contributed by atoms with Crippen molar-refractivity contribution in [2.24, 2.45) is 0 Å². The molecule has 10 heteroatoms. The zero-order chi connectivity index (χ0) is 21.6. The lowest BCUT2D eigenvalue weighted by atomic mass is 9.91. The van der Waals surface area contributed by atoms with Crippen LogP contribution in [0.4, 0.5) is 13.9 Å². The van der Waals surface area contributed by atoms with Crippen LogP contribution < -0.4 is 10.6 Å². The lowest BCUT2D eigenvalue weighted by molar-refractivity contribution is -0.126. The van der Waals surface area contributed by atoms with Gasteiger partial charge in [-0.15, -0.1) is 10.2 Å². The summed E-state index contributed by atoms with van der Waals surface area (Å²) in [7, 11) is 0. The Morgan fingerprint density at radius 2 is 1.86 bits per heavy atom. The quantitative estimate of drug-likeness (QED) is 0.572. The third-order valence-electron chi connectivity index (χ3n) is 4.32. The van der Waals surface area contributed by atoms with E-state index in [1.165, 1.54) is 11.3 Å². The van der Waals surface area contributed by atoms with Crippen LogP contribution in [0.1, 0.15) is 44.2 Å². The predicted molar refractivity (Wildman–Crippen MR) is 106 cm³/mol. The number of amides is 2. The van der Waals surface area contributed by atoms with Gasteiger partial charge in [-0.1, -0.05) is 32.1 Å². The van der Waals surface area contributed by atoms with Gasteiger partial charge in [0.05, 0.1) is 6.42 Å². The van der Waals surface area contributed by atoms with Gasteiger partial charge in [-0.3, -0.25) is 14.9 Å². The molecule has 29 heavy (non-hydrogen) atoms. The first kappa shape index (κ1) is 22.8. The first-order chi connectivity index (χ1) is 13.6. The molecular formula is C19H24F2N4O3S. The zero-order valence-electron chi connectivity index (χ0n) is 16.5. The summed E-state index contributed by atoms with van der Waals surface area (Å²) in [5.41, 5.74) is -0.205. The highest BCUT2D eigenvalue weighted by Crippen LogP contribution is 2.31. The van der Waals surface area contributed by atoms with E-state index >= 15 is 0 Å². The van der Waals surface area contributed by atoms with Crippen molar-refractivity contribution < 1.29 is 23.5 Å². The van der Waals surface area contributed by atoms with Crippen LogP contribution in [-0.4, -0.2) is 39.8 Å². The molecule has 0 bridgehead atoms. The summed E-state index contributed by atoms with van der Waals surface area (Å²) in [6, 6.07) is 2.03. The molecule has 3 N–H and O–H groups in total. The van der Waals surface area contributed by atoms with Gasteiger partial charge in [0.2, 0.25) is 16.9 Å². The van der Waals surface area contributed by atoms with Crippen molar-refractivity contribution in [1.82, 2.24) is 15.5 Å². The summed E-state index contributed by atoms with van der Waals surface area (Å²) in [5.74, 6) is -2.53. The van der Waals surface area contributed by atoms with Gasteiger partial charge in [-0.05, 0) is 30.5 Å². The largest absolute Gasteiger partial charge is 0.396 e. The first-order valence-electron chi connectivity index (χ1n) is 9.14. The molecule has 0 radical (unpaired) electrons. The molecule has 0 saturated heterocycles. The van der Waals surface area contributed by atoms with Crippen LogP contribution in [0.2, 0.25) is 0 Å². The van der Waals surface area contributed by atoms with Crippen molar-refractivity contribution in [3.05, 3.63) is 40.4 Å². The summed E-state index contributed by atoms with van der Waals surface area (Å²) in [5, 5.41) is 23.3. The molecule has 2 aromatic rings. The first-order valence-corrected chi connectivity index (χ1v) is 9.96. The fourth-order valence-corrected chi connectivity index (χ4v) is 3.50. The van der Waals surface area contributed by atoms with Crippen LogP contribution >= 0.6 is 11.3 Å². The molecule has 1 aromatic carbocycles. The number of benzene rings is 1. The molecule has 1 atom stereocenters. The summed E-state index contributed by atoms with van der Waals surface area (Å²) < 4.78 is 26.5. The van der Waals surface area contributed by atoms with Crippen LogP contribution in [0.25, 0.3) is 0 Å². The third kappa shape index (κ3) is 6.53. The molecule has 158 valence electrons. The van der Waals surface area contributed by atoms with E-state index in [-0.39, 0.29) is 29.1 Å². The lowest BCUT2D eigenvalue weighted by Crippen LogP contribution is -2.44. The number of carbonyl (C=O) groups is 2. The summed E-state index contributed by atoms with van der Waals surface area (Å²) in [6.07, 6.45) is 0.567. The van der Waals surface area contributed by atoms with E-state index in [4.69, 9.17) is 5.11 Å². The van der Waals surface area contributed by atoms with E-state index < -0.39 is 29.5 Å². The van der Waals surface area contributed by atoms with Crippen molar-refractivity contribution in [3.63, 3.8) is 0 Å². The van der Waals surface area contributed by atoms with Crippen LogP contribution in [0.3, 0.4) is 0 Å². The molecule has 0 fully saturated rings. The fourth-order valence-electron chi connectivity index (χ4n) is 2.62. The second kappa shape index (κ2) is 9.84. The molecular weight excluding hydrogens is 402 g/mol. The SMILES string of the molecule is CCC(NC(=O)Cc1cc(F)cc(F)c1)C(=O)Nc1nnc(C(C)(C)CCO)s1. The average molecular weight is 426 g/mol. The minimum Gasteiger partial charge on any atom is -0.396 e.